The highest BCUT2D eigenvalue weighted by molar-refractivity contribution is 7.89. The number of guanidine groups is 1. The lowest BCUT2D eigenvalue weighted by atomic mass is 10.1. The Bertz CT molecular complexity index is 731. The Hall–Kier alpha value is -1.64. The zero-order valence-corrected chi connectivity index (χ0v) is 18.1. The SMILES string of the molecule is CCNC(=NCCS(=O)(=O)NCC1CCCCO1)N(C)Cc1ccccc1C. The van der Waals surface area contributed by atoms with Gasteiger partial charge in [-0.2, -0.15) is 0 Å². The van der Waals surface area contributed by atoms with Gasteiger partial charge >= 0.3 is 0 Å². The van der Waals surface area contributed by atoms with E-state index in [0.717, 1.165) is 32.4 Å². The molecule has 2 rings (SSSR count). The number of ether oxygens (including phenoxy) is 1. The number of benzene rings is 1. The zero-order valence-electron chi connectivity index (χ0n) is 17.3. The minimum atomic E-state index is -3.37. The summed E-state index contributed by atoms with van der Waals surface area (Å²) in [5, 5.41) is 3.23. The van der Waals surface area contributed by atoms with E-state index in [1.54, 1.807) is 0 Å². The molecule has 28 heavy (non-hydrogen) atoms. The molecule has 0 spiro atoms. The topological polar surface area (TPSA) is 83.0 Å². The molecule has 1 aromatic rings. The Morgan fingerprint density at radius 2 is 2.11 bits per heavy atom. The van der Waals surface area contributed by atoms with Crippen LogP contribution in [0.15, 0.2) is 29.3 Å². The van der Waals surface area contributed by atoms with Gasteiger partial charge in [0.25, 0.3) is 0 Å². The Balaban J connectivity index is 1.87. The highest BCUT2D eigenvalue weighted by Crippen LogP contribution is 2.12. The number of nitrogens with one attached hydrogen (secondary N) is 2. The van der Waals surface area contributed by atoms with Crippen molar-refractivity contribution < 1.29 is 13.2 Å². The van der Waals surface area contributed by atoms with E-state index in [1.807, 2.05) is 31.0 Å². The normalized spacial score (nSPS) is 18.1. The van der Waals surface area contributed by atoms with Crippen molar-refractivity contribution in [2.45, 2.75) is 45.8 Å². The van der Waals surface area contributed by atoms with Crippen LogP contribution in [0, 0.1) is 6.92 Å². The van der Waals surface area contributed by atoms with E-state index in [-0.39, 0.29) is 18.4 Å². The van der Waals surface area contributed by atoms with Gasteiger partial charge in [-0.25, -0.2) is 13.1 Å². The molecule has 2 N–H and O–H groups in total. The molecule has 1 fully saturated rings. The molecule has 1 atom stereocenters. The van der Waals surface area contributed by atoms with E-state index >= 15 is 0 Å². The largest absolute Gasteiger partial charge is 0.377 e. The maximum absolute atomic E-state index is 12.2. The molecule has 158 valence electrons. The number of hydrogen-bond donors (Lipinski definition) is 2. The fourth-order valence-electron chi connectivity index (χ4n) is 3.12. The van der Waals surface area contributed by atoms with Gasteiger partial charge < -0.3 is 15.0 Å². The highest BCUT2D eigenvalue weighted by Gasteiger charge is 2.17. The Kier molecular flexibility index (Phi) is 9.21. The fourth-order valence-corrected chi connectivity index (χ4v) is 4.04. The third kappa shape index (κ3) is 7.77. The van der Waals surface area contributed by atoms with Crippen molar-refractivity contribution in [3.63, 3.8) is 0 Å². The average Bonchev–Trinajstić information content (AvgIpc) is 2.68. The molecule has 8 heteroatoms. The van der Waals surface area contributed by atoms with Gasteiger partial charge in [-0.05, 0) is 44.2 Å². The van der Waals surface area contributed by atoms with E-state index in [0.29, 0.717) is 19.0 Å². The van der Waals surface area contributed by atoms with E-state index < -0.39 is 10.0 Å². The standard InChI is InChI=1S/C20H34N4O3S/c1-4-21-20(24(3)16-18-10-6-5-9-17(18)2)22-12-14-28(25,26)23-15-19-11-7-8-13-27-19/h5-6,9-10,19,23H,4,7-8,11-16H2,1-3H3,(H,21,22). The summed E-state index contributed by atoms with van der Waals surface area (Å²) >= 11 is 0. The fraction of sp³-hybridized carbons (Fsp3) is 0.650. The van der Waals surface area contributed by atoms with Crippen LogP contribution in [-0.4, -0.2) is 64.4 Å². The third-order valence-electron chi connectivity index (χ3n) is 4.79. The van der Waals surface area contributed by atoms with E-state index in [4.69, 9.17) is 4.74 Å². The summed E-state index contributed by atoms with van der Waals surface area (Å²) in [6.07, 6.45) is 3.05. The van der Waals surface area contributed by atoms with Crippen LogP contribution in [0.1, 0.15) is 37.3 Å². The van der Waals surface area contributed by atoms with Crippen molar-refractivity contribution in [2.75, 3.05) is 39.0 Å². The molecule has 0 radical (unpaired) electrons. The lowest BCUT2D eigenvalue weighted by molar-refractivity contribution is 0.0200. The monoisotopic (exact) mass is 410 g/mol. The Morgan fingerprint density at radius 1 is 1.32 bits per heavy atom. The smallest absolute Gasteiger partial charge is 0.213 e. The molecule has 0 amide bonds. The summed E-state index contributed by atoms with van der Waals surface area (Å²) in [5.74, 6) is 0.670. The number of sulfonamides is 1. The van der Waals surface area contributed by atoms with Crippen LogP contribution < -0.4 is 10.0 Å². The molecule has 0 saturated carbocycles. The molecular weight excluding hydrogens is 376 g/mol. The van der Waals surface area contributed by atoms with Crippen LogP contribution in [0.4, 0.5) is 0 Å². The predicted octanol–water partition coefficient (Wildman–Crippen LogP) is 1.88. The number of hydrogen-bond acceptors (Lipinski definition) is 4. The summed E-state index contributed by atoms with van der Waals surface area (Å²) in [6, 6.07) is 8.22. The van der Waals surface area contributed by atoms with Crippen LogP contribution in [0.3, 0.4) is 0 Å². The molecule has 1 aliphatic heterocycles. The van der Waals surface area contributed by atoms with Crippen molar-refractivity contribution >= 4 is 16.0 Å². The van der Waals surface area contributed by atoms with Crippen LogP contribution in [0.2, 0.25) is 0 Å². The van der Waals surface area contributed by atoms with Gasteiger partial charge in [-0.3, -0.25) is 4.99 Å². The van der Waals surface area contributed by atoms with Gasteiger partial charge in [-0.15, -0.1) is 0 Å². The number of nitrogens with zero attached hydrogens (tertiary/aromatic N) is 2. The molecule has 1 unspecified atom stereocenters. The predicted molar refractivity (Wildman–Crippen MR) is 114 cm³/mol. The maximum atomic E-state index is 12.2. The van der Waals surface area contributed by atoms with Gasteiger partial charge in [0.1, 0.15) is 0 Å². The van der Waals surface area contributed by atoms with Crippen molar-refractivity contribution in [1.29, 1.82) is 0 Å². The van der Waals surface area contributed by atoms with Crippen LogP contribution >= 0.6 is 0 Å². The molecule has 0 bridgehead atoms. The zero-order chi connectivity index (χ0) is 20.4. The molecule has 1 heterocycles. The molecule has 0 aliphatic carbocycles. The van der Waals surface area contributed by atoms with Crippen LogP contribution in [-0.2, 0) is 21.3 Å². The van der Waals surface area contributed by atoms with E-state index in [1.165, 1.54) is 11.1 Å². The minimum absolute atomic E-state index is 0.00964. The van der Waals surface area contributed by atoms with Gasteiger partial charge in [0, 0.05) is 33.3 Å². The second-order valence-electron chi connectivity index (χ2n) is 7.17. The Morgan fingerprint density at radius 3 is 2.79 bits per heavy atom. The van der Waals surface area contributed by atoms with Crippen molar-refractivity contribution in [1.82, 2.24) is 14.9 Å². The third-order valence-corrected chi connectivity index (χ3v) is 6.12. The summed E-state index contributed by atoms with van der Waals surface area (Å²) in [7, 11) is -1.41. The van der Waals surface area contributed by atoms with Crippen LogP contribution in [0.25, 0.3) is 0 Å². The van der Waals surface area contributed by atoms with Gasteiger partial charge in [0.2, 0.25) is 10.0 Å². The molecule has 1 saturated heterocycles. The number of aliphatic imine (C=N–C) groups is 1. The van der Waals surface area contributed by atoms with Crippen LogP contribution in [0.5, 0.6) is 0 Å². The molecule has 1 aliphatic rings. The first kappa shape index (κ1) is 22.6. The van der Waals surface area contributed by atoms with Gasteiger partial charge in [-0.1, -0.05) is 24.3 Å². The van der Waals surface area contributed by atoms with Gasteiger partial charge in [0.15, 0.2) is 5.96 Å². The highest BCUT2D eigenvalue weighted by atomic mass is 32.2. The summed E-state index contributed by atoms with van der Waals surface area (Å²) in [5.41, 5.74) is 2.44. The summed E-state index contributed by atoms with van der Waals surface area (Å²) in [4.78, 5) is 6.52. The molecule has 7 nitrogen and oxygen atoms in total. The van der Waals surface area contributed by atoms with E-state index in [2.05, 4.69) is 34.1 Å². The van der Waals surface area contributed by atoms with Crippen molar-refractivity contribution in [3.8, 4) is 0 Å². The van der Waals surface area contributed by atoms with Gasteiger partial charge in [0.05, 0.1) is 18.4 Å². The number of rotatable bonds is 9. The van der Waals surface area contributed by atoms with E-state index in [9.17, 15) is 8.42 Å². The Labute approximate surface area is 169 Å². The second-order valence-corrected chi connectivity index (χ2v) is 9.10. The quantitative estimate of drug-likeness (QED) is 0.480. The first-order valence-electron chi connectivity index (χ1n) is 10.0. The first-order valence-corrected chi connectivity index (χ1v) is 11.7. The lowest BCUT2D eigenvalue weighted by Crippen LogP contribution is -2.40. The number of aryl methyl sites for hydroxylation is 1. The lowest BCUT2D eigenvalue weighted by Gasteiger charge is -2.23. The molecule has 1 aromatic carbocycles. The molecule has 0 aromatic heterocycles. The second kappa shape index (κ2) is 11.4. The summed E-state index contributed by atoms with van der Waals surface area (Å²) < 4.78 is 32.7. The average molecular weight is 411 g/mol. The van der Waals surface area contributed by atoms with Crippen molar-refractivity contribution in [3.05, 3.63) is 35.4 Å². The molecular formula is C20H34N4O3S. The van der Waals surface area contributed by atoms with Crippen molar-refractivity contribution in [2.24, 2.45) is 4.99 Å². The summed E-state index contributed by atoms with van der Waals surface area (Å²) in [6.45, 7) is 6.79. The maximum Gasteiger partial charge on any atom is 0.213 e. The minimum Gasteiger partial charge on any atom is -0.377 e. The first-order chi connectivity index (χ1) is 13.4.